The van der Waals surface area contributed by atoms with Crippen LogP contribution < -0.4 is 14.8 Å². The number of rotatable bonds is 5. The molecular weight excluding hydrogens is 604 g/mol. The molecule has 5 atom stereocenters. The molecule has 0 saturated heterocycles. The highest BCUT2D eigenvalue weighted by Gasteiger charge is 2.61. The highest BCUT2D eigenvalue weighted by atomic mass is 32.1. The summed E-state index contributed by atoms with van der Waals surface area (Å²) in [5.74, 6) is 0.679. The van der Waals surface area contributed by atoms with Crippen molar-refractivity contribution >= 4 is 40.0 Å². The zero-order valence-corrected chi connectivity index (χ0v) is 27.1. The Bertz CT molecular complexity index is 1760. The zero-order valence-electron chi connectivity index (χ0n) is 26.2. The van der Waals surface area contributed by atoms with Crippen molar-refractivity contribution in [2.75, 3.05) is 20.7 Å². The lowest BCUT2D eigenvalue weighted by Crippen LogP contribution is -2.52. The minimum absolute atomic E-state index is 0.0876. The number of nitrogens with one attached hydrogen (secondary N) is 1. The average molecular weight is 643 g/mol. The number of nitrogens with zero attached hydrogens (tertiary/aromatic N) is 3. The number of thiazole rings is 1. The summed E-state index contributed by atoms with van der Waals surface area (Å²) in [6.07, 6.45) is 13.2. The molecule has 2 saturated carbocycles. The van der Waals surface area contributed by atoms with E-state index in [4.69, 9.17) is 20.9 Å². The SMILES string of the molecule is C#Cc1csc(-c2cc(OC3CCC4C(=O)N(C)CCCCC=CC5CC5(C(=O)O)NC(=O)C4C3)c3ccc(OC)c(C)c3n2)n1. The number of carboxylic acids is 1. The van der Waals surface area contributed by atoms with E-state index in [1.54, 1.807) is 24.4 Å². The van der Waals surface area contributed by atoms with Gasteiger partial charge in [-0.3, -0.25) is 9.59 Å². The molecule has 10 nitrogen and oxygen atoms in total. The molecule has 2 aromatic heterocycles. The number of carbonyl (C=O) groups excluding carboxylic acids is 2. The number of aryl methyl sites for hydroxylation is 1. The summed E-state index contributed by atoms with van der Waals surface area (Å²) in [7, 11) is 3.39. The van der Waals surface area contributed by atoms with Crippen LogP contribution in [0.15, 0.2) is 35.7 Å². The Morgan fingerprint density at radius 2 is 2.02 bits per heavy atom. The molecule has 0 radical (unpaired) electrons. The van der Waals surface area contributed by atoms with Crippen molar-refractivity contribution in [1.29, 1.82) is 0 Å². The van der Waals surface area contributed by atoms with Gasteiger partial charge in [-0.05, 0) is 69.9 Å². The molecule has 3 aromatic rings. The van der Waals surface area contributed by atoms with Crippen LogP contribution >= 0.6 is 11.3 Å². The second kappa shape index (κ2) is 12.8. The van der Waals surface area contributed by atoms with Gasteiger partial charge in [0.2, 0.25) is 11.8 Å². The zero-order chi connectivity index (χ0) is 32.6. The minimum Gasteiger partial charge on any atom is -0.496 e. The third kappa shape index (κ3) is 5.94. The fourth-order valence-electron chi connectivity index (χ4n) is 6.81. The predicted octanol–water partition coefficient (Wildman–Crippen LogP) is 4.98. The van der Waals surface area contributed by atoms with Crippen LogP contribution in [0.4, 0.5) is 0 Å². The summed E-state index contributed by atoms with van der Waals surface area (Å²) in [5.41, 5.74) is 1.31. The van der Waals surface area contributed by atoms with Gasteiger partial charge in [-0.15, -0.1) is 17.8 Å². The van der Waals surface area contributed by atoms with Gasteiger partial charge in [0, 0.05) is 47.8 Å². The van der Waals surface area contributed by atoms with Crippen molar-refractivity contribution in [2.45, 2.75) is 63.5 Å². The summed E-state index contributed by atoms with van der Waals surface area (Å²) in [6.45, 7) is 2.54. The summed E-state index contributed by atoms with van der Waals surface area (Å²) in [5, 5.41) is 16.2. The number of methoxy groups -OCH3 is 1. The van der Waals surface area contributed by atoms with Gasteiger partial charge < -0.3 is 24.8 Å². The Hall–Kier alpha value is -4.43. The van der Waals surface area contributed by atoms with Crippen LogP contribution in [0.2, 0.25) is 0 Å². The second-order valence-corrected chi connectivity index (χ2v) is 13.4. The number of allylic oxidation sites excluding steroid dienone is 1. The maximum atomic E-state index is 13.9. The van der Waals surface area contributed by atoms with Gasteiger partial charge in [0.15, 0.2) is 0 Å². The van der Waals surface area contributed by atoms with Crippen molar-refractivity contribution < 1.29 is 29.0 Å². The van der Waals surface area contributed by atoms with Gasteiger partial charge in [-0.1, -0.05) is 12.2 Å². The highest BCUT2D eigenvalue weighted by molar-refractivity contribution is 7.13. The lowest BCUT2D eigenvalue weighted by atomic mass is 9.76. The topological polar surface area (TPSA) is 131 Å². The third-order valence-electron chi connectivity index (χ3n) is 9.59. The molecule has 1 aromatic carbocycles. The quantitative estimate of drug-likeness (QED) is 0.295. The molecule has 2 fully saturated rings. The van der Waals surface area contributed by atoms with E-state index in [1.807, 2.05) is 37.3 Å². The third-order valence-corrected chi connectivity index (χ3v) is 10.5. The van der Waals surface area contributed by atoms with Crippen LogP contribution in [-0.2, 0) is 14.4 Å². The van der Waals surface area contributed by atoms with Crippen LogP contribution in [0.3, 0.4) is 0 Å². The molecule has 2 aliphatic carbocycles. The Labute approximate surface area is 272 Å². The number of aliphatic carboxylic acids is 1. The summed E-state index contributed by atoms with van der Waals surface area (Å²) in [6, 6.07) is 5.61. The van der Waals surface area contributed by atoms with Gasteiger partial charge in [0.1, 0.15) is 33.4 Å². The molecule has 0 bridgehead atoms. The number of benzene rings is 1. The Morgan fingerprint density at radius 3 is 2.76 bits per heavy atom. The predicted molar refractivity (Wildman–Crippen MR) is 175 cm³/mol. The first-order chi connectivity index (χ1) is 22.1. The normalized spacial score (nSPS) is 26.7. The fraction of sp³-hybridized carbons (Fsp3) is 0.457. The summed E-state index contributed by atoms with van der Waals surface area (Å²) in [4.78, 5) is 51.2. The molecule has 3 heterocycles. The van der Waals surface area contributed by atoms with Crippen LogP contribution in [0.5, 0.6) is 11.5 Å². The summed E-state index contributed by atoms with van der Waals surface area (Å²) >= 11 is 1.39. The maximum Gasteiger partial charge on any atom is 0.330 e. The van der Waals surface area contributed by atoms with Crippen LogP contribution in [0.1, 0.15) is 56.2 Å². The number of terminal acetylenes is 1. The van der Waals surface area contributed by atoms with Crippen molar-refractivity contribution in [3.8, 4) is 34.5 Å². The lowest BCUT2D eigenvalue weighted by molar-refractivity contribution is -0.148. The molecule has 3 aliphatic rings. The number of hydrogen-bond acceptors (Lipinski definition) is 8. The molecule has 5 unspecified atom stereocenters. The number of fused-ring (bicyclic) bond motifs is 3. The van der Waals surface area contributed by atoms with E-state index in [-0.39, 0.29) is 18.2 Å². The van der Waals surface area contributed by atoms with Gasteiger partial charge in [-0.2, -0.15) is 0 Å². The van der Waals surface area contributed by atoms with E-state index < -0.39 is 35.4 Å². The van der Waals surface area contributed by atoms with Crippen molar-refractivity contribution in [2.24, 2.45) is 17.8 Å². The molecule has 0 spiro atoms. The molecule has 2 amide bonds. The largest absolute Gasteiger partial charge is 0.496 e. The standard InChI is InChI=1S/C35H38N4O6S/c1-5-22-19-46-32(36-22)27-17-29(25-13-14-28(44-4)20(2)30(25)37-27)45-23-11-12-24-26(16-23)31(40)38-35(34(42)43)18-21(35)10-8-6-7-9-15-39(3)33(24)41/h1,8,10,13-14,17,19,21,23-24,26H,6-7,9,11-12,15-16,18H2,2-4H3,(H,38,40)(H,42,43). The molecule has 2 N–H and O–H groups in total. The van der Waals surface area contributed by atoms with Gasteiger partial charge in [0.05, 0.1) is 24.6 Å². The van der Waals surface area contributed by atoms with Crippen molar-refractivity contribution in [3.63, 3.8) is 0 Å². The van der Waals surface area contributed by atoms with Gasteiger partial charge in [-0.25, -0.2) is 14.8 Å². The second-order valence-electron chi connectivity index (χ2n) is 12.5. The molecule has 11 heteroatoms. The highest BCUT2D eigenvalue weighted by Crippen LogP contribution is 2.46. The van der Waals surface area contributed by atoms with E-state index in [0.717, 1.165) is 30.2 Å². The van der Waals surface area contributed by atoms with Crippen LogP contribution in [-0.4, -0.2) is 70.1 Å². The van der Waals surface area contributed by atoms with Crippen molar-refractivity contribution in [3.05, 3.63) is 47.0 Å². The number of pyridine rings is 1. The fourth-order valence-corrected chi connectivity index (χ4v) is 7.53. The van der Waals surface area contributed by atoms with Crippen LogP contribution in [0, 0.1) is 37.0 Å². The maximum absolute atomic E-state index is 13.9. The molecule has 240 valence electrons. The molecular formula is C35H38N4O6S. The van der Waals surface area contributed by atoms with Crippen LogP contribution in [0.25, 0.3) is 21.6 Å². The smallest absolute Gasteiger partial charge is 0.330 e. The number of ether oxygens (including phenoxy) is 2. The molecule has 6 rings (SSSR count). The molecule has 46 heavy (non-hydrogen) atoms. The van der Waals surface area contributed by atoms with Crippen molar-refractivity contribution in [1.82, 2.24) is 20.2 Å². The first kappa shape index (κ1) is 31.5. The number of hydrogen-bond donors (Lipinski definition) is 2. The Morgan fingerprint density at radius 1 is 1.20 bits per heavy atom. The number of amides is 2. The van der Waals surface area contributed by atoms with E-state index >= 15 is 0 Å². The van der Waals surface area contributed by atoms with E-state index in [9.17, 15) is 19.5 Å². The average Bonchev–Trinajstić information content (AvgIpc) is 3.53. The first-order valence-corrected chi connectivity index (χ1v) is 16.6. The van der Waals surface area contributed by atoms with Gasteiger partial charge in [0.25, 0.3) is 0 Å². The monoisotopic (exact) mass is 642 g/mol. The summed E-state index contributed by atoms with van der Waals surface area (Å²) < 4.78 is 12.3. The Kier molecular flexibility index (Phi) is 8.75. The number of carbonyl (C=O) groups is 3. The Balaban J connectivity index is 1.34. The number of aromatic nitrogens is 2. The van der Waals surface area contributed by atoms with Gasteiger partial charge >= 0.3 is 5.97 Å². The lowest BCUT2D eigenvalue weighted by Gasteiger charge is -2.37. The van der Waals surface area contributed by atoms with E-state index in [1.165, 1.54) is 11.3 Å². The first-order valence-electron chi connectivity index (χ1n) is 15.7. The minimum atomic E-state index is -1.34. The van der Waals surface area contributed by atoms with E-state index in [0.29, 0.717) is 59.2 Å². The molecule has 1 aliphatic heterocycles. The van der Waals surface area contributed by atoms with E-state index in [2.05, 4.69) is 16.2 Å². The number of carboxylic acid groups (broad SMARTS) is 1.